The van der Waals surface area contributed by atoms with E-state index in [-0.39, 0.29) is 18.3 Å². The van der Waals surface area contributed by atoms with Crippen LogP contribution in [0.25, 0.3) is 5.69 Å². The summed E-state index contributed by atoms with van der Waals surface area (Å²) in [5, 5.41) is 12.0. The smallest absolute Gasteiger partial charge is 0.272 e. The van der Waals surface area contributed by atoms with E-state index >= 15 is 0 Å². The van der Waals surface area contributed by atoms with Crippen molar-refractivity contribution in [3.63, 3.8) is 0 Å². The highest BCUT2D eigenvalue weighted by molar-refractivity contribution is 6.35. The molecular formula is C19H21Cl3N4O. The minimum Gasteiger partial charge on any atom is -0.347 e. The summed E-state index contributed by atoms with van der Waals surface area (Å²) >= 11 is 12.4. The van der Waals surface area contributed by atoms with Gasteiger partial charge in [-0.2, -0.15) is 5.10 Å². The number of hydrogen-bond acceptors (Lipinski definition) is 3. The molecule has 0 saturated heterocycles. The predicted molar refractivity (Wildman–Crippen MR) is 111 cm³/mol. The van der Waals surface area contributed by atoms with Crippen LogP contribution in [0.3, 0.4) is 0 Å². The van der Waals surface area contributed by atoms with Gasteiger partial charge in [0.05, 0.1) is 10.7 Å². The molecule has 1 aliphatic heterocycles. The molecule has 0 fully saturated rings. The number of aromatic nitrogens is 2. The summed E-state index contributed by atoms with van der Waals surface area (Å²) in [6.07, 6.45) is 5.89. The minimum absolute atomic E-state index is 0. The molecule has 1 aliphatic carbocycles. The SMILES string of the molecule is Cl.O=C(NCC1=CCNCC1)c1nn(-c2ccc(Cl)cc2Cl)c2c1CCC2. The van der Waals surface area contributed by atoms with Crippen molar-refractivity contribution in [2.45, 2.75) is 25.7 Å². The van der Waals surface area contributed by atoms with Crippen LogP contribution in [0.4, 0.5) is 0 Å². The maximum absolute atomic E-state index is 12.7. The second-order valence-corrected chi connectivity index (χ2v) is 7.48. The molecule has 0 radical (unpaired) electrons. The lowest BCUT2D eigenvalue weighted by atomic mass is 10.1. The second kappa shape index (κ2) is 8.65. The van der Waals surface area contributed by atoms with E-state index in [4.69, 9.17) is 23.2 Å². The van der Waals surface area contributed by atoms with Crippen LogP contribution in [0.1, 0.15) is 34.6 Å². The van der Waals surface area contributed by atoms with Gasteiger partial charge >= 0.3 is 0 Å². The number of carbonyl (C=O) groups excluding carboxylic acids is 1. The Kier molecular flexibility index (Phi) is 6.48. The molecule has 0 unspecified atom stereocenters. The second-order valence-electron chi connectivity index (χ2n) is 6.63. The first kappa shape index (κ1) is 20.2. The average Bonchev–Trinajstić information content (AvgIpc) is 3.24. The number of hydrogen-bond donors (Lipinski definition) is 2. The molecular weight excluding hydrogens is 407 g/mol. The molecule has 144 valence electrons. The van der Waals surface area contributed by atoms with Crippen molar-refractivity contribution in [1.29, 1.82) is 0 Å². The fraction of sp³-hybridized carbons (Fsp3) is 0.368. The van der Waals surface area contributed by atoms with Gasteiger partial charge in [-0.25, -0.2) is 4.68 Å². The third-order valence-corrected chi connectivity index (χ3v) is 5.46. The van der Waals surface area contributed by atoms with Gasteiger partial charge in [0, 0.05) is 29.4 Å². The molecule has 2 N–H and O–H groups in total. The van der Waals surface area contributed by atoms with E-state index in [0.717, 1.165) is 55.7 Å². The Morgan fingerprint density at radius 3 is 2.85 bits per heavy atom. The maximum atomic E-state index is 12.7. The Hall–Kier alpha value is -1.53. The molecule has 1 aromatic carbocycles. The molecule has 5 nitrogen and oxygen atoms in total. The van der Waals surface area contributed by atoms with Crippen molar-refractivity contribution in [2.75, 3.05) is 19.6 Å². The Morgan fingerprint density at radius 1 is 1.26 bits per heavy atom. The summed E-state index contributed by atoms with van der Waals surface area (Å²) in [6, 6.07) is 5.33. The Bertz CT molecular complexity index is 891. The first-order valence-electron chi connectivity index (χ1n) is 8.86. The van der Waals surface area contributed by atoms with E-state index in [1.165, 1.54) is 5.57 Å². The number of fused-ring (bicyclic) bond motifs is 1. The molecule has 2 aliphatic rings. The van der Waals surface area contributed by atoms with E-state index in [9.17, 15) is 4.79 Å². The largest absolute Gasteiger partial charge is 0.347 e. The molecule has 27 heavy (non-hydrogen) atoms. The molecule has 0 atom stereocenters. The van der Waals surface area contributed by atoms with Crippen LogP contribution in [0, 0.1) is 0 Å². The molecule has 2 heterocycles. The van der Waals surface area contributed by atoms with E-state index in [0.29, 0.717) is 22.3 Å². The van der Waals surface area contributed by atoms with Crippen LogP contribution in [0.5, 0.6) is 0 Å². The van der Waals surface area contributed by atoms with Crippen molar-refractivity contribution >= 4 is 41.5 Å². The molecule has 4 rings (SSSR count). The lowest BCUT2D eigenvalue weighted by Crippen LogP contribution is -2.30. The number of amides is 1. The maximum Gasteiger partial charge on any atom is 0.272 e. The van der Waals surface area contributed by atoms with Crippen LogP contribution in [0.15, 0.2) is 29.8 Å². The van der Waals surface area contributed by atoms with Gasteiger partial charge in [-0.1, -0.05) is 34.9 Å². The number of nitrogens with zero attached hydrogens (tertiary/aromatic N) is 2. The normalized spacial score (nSPS) is 15.7. The van der Waals surface area contributed by atoms with Gasteiger partial charge in [0.15, 0.2) is 5.69 Å². The van der Waals surface area contributed by atoms with E-state index < -0.39 is 0 Å². The summed E-state index contributed by atoms with van der Waals surface area (Å²) in [5.41, 5.74) is 4.63. The van der Waals surface area contributed by atoms with E-state index in [1.807, 2.05) is 6.07 Å². The number of carbonyl (C=O) groups is 1. The highest BCUT2D eigenvalue weighted by atomic mass is 35.5. The third-order valence-electron chi connectivity index (χ3n) is 4.92. The molecule has 1 aromatic heterocycles. The molecule has 0 spiro atoms. The Morgan fingerprint density at radius 2 is 2.11 bits per heavy atom. The van der Waals surface area contributed by atoms with Crippen LogP contribution < -0.4 is 10.6 Å². The molecule has 0 bridgehead atoms. The topological polar surface area (TPSA) is 59.0 Å². The highest BCUT2D eigenvalue weighted by Gasteiger charge is 2.27. The zero-order valence-electron chi connectivity index (χ0n) is 14.7. The number of rotatable bonds is 4. The van der Waals surface area contributed by atoms with E-state index in [2.05, 4.69) is 21.8 Å². The standard InChI is InChI=1S/C19H20Cl2N4O.ClH/c20-13-4-5-17(15(21)10-13)25-16-3-1-2-14(16)18(24-25)19(26)23-11-12-6-8-22-9-7-12;/h4-6,10,22H,1-3,7-9,11H2,(H,23,26);1H. The van der Waals surface area contributed by atoms with Crippen molar-refractivity contribution < 1.29 is 4.79 Å². The molecule has 2 aromatic rings. The van der Waals surface area contributed by atoms with Gasteiger partial charge in [-0.3, -0.25) is 4.79 Å². The van der Waals surface area contributed by atoms with Crippen LogP contribution in [-0.2, 0) is 12.8 Å². The lowest BCUT2D eigenvalue weighted by Gasteiger charge is -2.14. The van der Waals surface area contributed by atoms with Crippen molar-refractivity contribution in [3.05, 3.63) is 56.8 Å². The van der Waals surface area contributed by atoms with Gasteiger partial charge in [-0.15, -0.1) is 12.4 Å². The van der Waals surface area contributed by atoms with E-state index in [1.54, 1.807) is 16.8 Å². The minimum atomic E-state index is -0.119. The summed E-state index contributed by atoms with van der Waals surface area (Å²) in [5.74, 6) is -0.119. The van der Waals surface area contributed by atoms with Gasteiger partial charge in [0.2, 0.25) is 0 Å². The van der Waals surface area contributed by atoms with Crippen molar-refractivity contribution in [2.24, 2.45) is 0 Å². The third kappa shape index (κ3) is 4.16. The Labute approximate surface area is 174 Å². The monoisotopic (exact) mass is 426 g/mol. The first-order chi connectivity index (χ1) is 12.6. The molecule has 0 saturated carbocycles. The fourth-order valence-corrected chi connectivity index (χ4v) is 4.07. The van der Waals surface area contributed by atoms with Crippen LogP contribution in [-0.4, -0.2) is 35.3 Å². The summed E-state index contributed by atoms with van der Waals surface area (Å²) < 4.78 is 1.81. The lowest BCUT2D eigenvalue weighted by molar-refractivity contribution is 0.0950. The van der Waals surface area contributed by atoms with Crippen molar-refractivity contribution in [3.8, 4) is 5.69 Å². The van der Waals surface area contributed by atoms with Gasteiger partial charge in [-0.05, 0) is 50.4 Å². The molecule has 8 heteroatoms. The van der Waals surface area contributed by atoms with Gasteiger partial charge in [0.1, 0.15) is 0 Å². The average molecular weight is 428 g/mol. The number of nitrogens with one attached hydrogen (secondary N) is 2. The van der Waals surface area contributed by atoms with Gasteiger partial charge in [0.25, 0.3) is 5.91 Å². The zero-order valence-corrected chi connectivity index (χ0v) is 17.1. The predicted octanol–water partition coefficient (Wildman–Crippen LogP) is 3.74. The number of halogens is 3. The quantitative estimate of drug-likeness (QED) is 0.731. The first-order valence-corrected chi connectivity index (χ1v) is 9.62. The van der Waals surface area contributed by atoms with Crippen molar-refractivity contribution in [1.82, 2.24) is 20.4 Å². The highest BCUT2D eigenvalue weighted by Crippen LogP contribution is 2.31. The molecule has 1 amide bonds. The summed E-state index contributed by atoms with van der Waals surface area (Å²) in [4.78, 5) is 12.7. The number of benzene rings is 1. The van der Waals surface area contributed by atoms with Crippen LogP contribution in [0.2, 0.25) is 10.0 Å². The summed E-state index contributed by atoms with van der Waals surface area (Å²) in [6.45, 7) is 2.40. The van der Waals surface area contributed by atoms with Crippen LogP contribution >= 0.6 is 35.6 Å². The fourth-order valence-electron chi connectivity index (χ4n) is 3.58. The zero-order chi connectivity index (χ0) is 18.1. The summed E-state index contributed by atoms with van der Waals surface area (Å²) in [7, 11) is 0. The van der Waals surface area contributed by atoms with Gasteiger partial charge < -0.3 is 10.6 Å². The Balaban J connectivity index is 0.00000210.